The molecule has 1 heterocycles. The Morgan fingerprint density at radius 1 is 1.05 bits per heavy atom. The van der Waals surface area contributed by atoms with E-state index in [0.717, 1.165) is 40.6 Å². The molecule has 1 unspecified atom stereocenters. The molecule has 0 spiro atoms. The van der Waals surface area contributed by atoms with Crippen molar-refractivity contribution in [2.75, 3.05) is 35.9 Å². The van der Waals surface area contributed by atoms with Gasteiger partial charge < -0.3 is 15.0 Å². The number of ether oxygens (including phenoxy) is 1. The Labute approximate surface area is 224 Å². The van der Waals surface area contributed by atoms with E-state index < -0.39 is 28.3 Å². The lowest BCUT2D eigenvalue weighted by Gasteiger charge is -2.32. The average molecular weight is 540 g/mol. The molecule has 0 bridgehead atoms. The Bertz CT molecular complexity index is 1340. The van der Waals surface area contributed by atoms with Crippen LogP contribution in [0.3, 0.4) is 0 Å². The number of carbonyl (C=O) groups excluding carboxylic acids is 1. The maximum Gasteiger partial charge on any atom is 0.264 e. The normalized spacial score (nSPS) is 15.1. The van der Waals surface area contributed by atoms with Crippen LogP contribution in [0.2, 0.25) is 0 Å². The van der Waals surface area contributed by atoms with Gasteiger partial charge in [0.2, 0.25) is 5.91 Å². The minimum atomic E-state index is -4.25. The van der Waals surface area contributed by atoms with Crippen LogP contribution in [-0.4, -0.2) is 41.1 Å². The summed E-state index contributed by atoms with van der Waals surface area (Å²) in [5.41, 5.74) is 1.84. The summed E-state index contributed by atoms with van der Waals surface area (Å²) in [5.74, 6) is -0.0629. The molecule has 7 nitrogen and oxygen atoms in total. The molecule has 202 valence electrons. The van der Waals surface area contributed by atoms with E-state index in [4.69, 9.17) is 4.74 Å². The number of nitrogens with one attached hydrogen (secondary N) is 1. The van der Waals surface area contributed by atoms with Crippen molar-refractivity contribution in [2.45, 2.75) is 37.6 Å². The predicted molar refractivity (Wildman–Crippen MR) is 148 cm³/mol. The zero-order chi connectivity index (χ0) is 27.3. The number of benzene rings is 3. The number of hydrogen-bond donors (Lipinski definition) is 1. The minimum Gasteiger partial charge on any atom is -0.497 e. The molecule has 0 aromatic heterocycles. The van der Waals surface area contributed by atoms with Gasteiger partial charge in [-0.2, -0.15) is 0 Å². The Morgan fingerprint density at radius 2 is 1.68 bits per heavy atom. The fraction of sp³-hybridized carbons (Fsp3) is 0.345. The summed E-state index contributed by atoms with van der Waals surface area (Å²) in [7, 11) is -2.77. The quantitative estimate of drug-likeness (QED) is 0.407. The molecule has 0 saturated carbocycles. The fourth-order valence-corrected chi connectivity index (χ4v) is 6.00. The lowest BCUT2D eigenvalue weighted by atomic mass is 9.98. The van der Waals surface area contributed by atoms with Crippen LogP contribution in [0.1, 0.15) is 38.3 Å². The molecule has 4 rings (SSSR count). The third kappa shape index (κ3) is 6.27. The molecule has 1 aliphatic heterocycles. The highest BCUT2D eigenvalue weighted by Gasteiger charge is 2.29. The van der Waals surface area contributed by atoms with Crippen molar-refractivity contribution < 1.29 is 22.3 Å². The zero-order valence-corrected chi connectivity index (χ0v) is 22.7. The number of para-hydroxylation sites is 1. The molecule has 0 aliphatic carbocycles. The number of sulfonamides is 1. The summed E-state index contributed by atoms with van der Waals surface area (Å²) in [6, 6.07) is 18.9. The van der Waals surface area contributed by atoms with Crippen LogP contribution in [0.4, 0.5) is 15.8 Å². The van der Waals surface area contributed by atoms with E-state index in [9.17, 15) is 17.6 Å². The number of piperidine rings is 1. The molecule has 1 N–H and O–H groups in total. The molecular formula is C29H34FN3O4S. The van der Waals surface area contributed by atoms with E-state index in [1.54, 1.807) is 0 Å². The SMILES string of the molecule is COc1ccc(S(=O)(=O)N(CC(=O)NC(C)c2ccc(N3CCC(C)CC3)cc2)c2ccccc2F)cc1. The lowest BCUT2D eigenvalue weighted by Crippen LogP contribution is -2.42. The number of rotatable bonds is 9. The van der Waals surface area contributed by atoms with Crippen molar-refractivity contribution in [3.63, 3.8) is 0 Å². The molecule has 3 aromatic carbocycles. The van der Waals surface area contributed by atoms with Crippen LogP contribution < -0.4 is 19.3 Å². The first-order chi connectivity index (χ1) is 18.2. The average Bonchev–Trinajstić information content (AvgIpc) is 2.92. The third-order valence-corrected chi connectivity index (χ3v) is 8.75. The molecule has 1 atom stereocenters. The second-order valence-corrected chi connectivity index (χ2v) is 11.6. The van der Waals surface area contributed by atoms with E-state index in [1.807, 2.05) is 31.2 Å². The van der Waals surface area contributed by atoms with Crippen molar-refractivity contribution in [1.29, 1.82) is 0 Å². The van der Waals surface area contributed by atoms with Crippen LogP contribution in [0, 0.1) is 11.7 Å². The van der Waals surface area contributed by atoms with E-state index in [2.05, 4.69) is 17.1 Å². The third-order valence-electron chi connectivity index (χ3n) is 6.98. The standard InChI is InChI=1S/C29H34FN3O4S/c1-21-16-18-32(19-17-21)24-10-8-23(9-11-24)22(2)31-29(34)20-33(28-7-5-4-6-27(28)30)38(35,36)26-14-12-25(37-3)13-15-26/h4-15,21-22H,16-20H2,1-3H3,(H,31,34). The van der Waals surface area contributed by atoms with Crippen LogP contribution >= 0.6 is 0 Å². The first-order valence-electron chi connectivity index (χ1n) is 12.7. The zero-order valence-electron chi connectivity index (χ0n) is 21.9. The highest BCUT2D eigenvalue weighted by molar-refractivity contribution is 7.92. The van der Waals surface area contributed by atoms with Gasteiger partial charge in [0.25, 0.3) is 10.0 Å². The largest absolute Gasteiger partial charge is 0.497 e. The first kappa shape index (κ1) is 27.4. The van der Waals surface area contributed by atoms with E-state index >= 15 is 0 Å². The fourth-order valence-electron chi connectivity index (χ4n) is 4.57. The second kappa shape index (κ2) is 11.9. The van der Waals surface area contributed by atoms with Gasteiger partial charge in [-0.15, -0.1) is 0 Å². The van der Waals surface area contributed by atoms with E-state index in [-0.39, 0.29) is 16.6 Å². The molecule has 1 saturated heterocycles. The van der Waals surface area contributed by atoms with Gasteiger partial charge in [0.15, 0.2) is 0 Å². The smallest absolute Gasteiger partial charge is 0.264 e. The van der Waals surface area contributed by atoms with Gasteiger partial charge in [0, 0.05) is 18.8 Å². The maximum atomic E-state index is 14.7. The summed E-state index contributed by atoms with van der Waals surface area (Å²) in [6.45, 7) is 5.59. The number of hydrogen-bond acceptors (Lipinski definition) is 5. The number of halogens is 1. The van der Waals surface area contributed by atoms with Gasteiger partial charge in [-0.3, -0.25) is 9.10 Å². The monoisotopic (exact) mass is 539 g/mol. The number of anilines is 2. The molecule has 0 radical (unpaired) electrons. The summed E-state index contributed by atoms with van der Waals surface area (Å²) < 4.78 is 47.7. The van der Waals surface area contributed by atoms with Gasteiger partial charge in [-0.25, -0.2) is 12.8 Å². The van der Waals surface area contributed by atoms with Gasteiger partial charge in [-0.1, -0.05) is 31.2 Å². The Balaban J connectivity index is 1.50. The molecule has 38 heavy (non-hydrogen) atoms. The maximum absolute atomic E-state index is 14.7. The molecule has 1 aliphatic rings. The first-order valence-corrected chi connectivity index (χ1v) is 14.2. The summed E-state index contributed by atoms with van der Waals surface area (Å²) >= 11 is 0. The Hall–Kier alpha value is -3.59. The van der Waals surface area contributed by atoms with E-state index in [0.29, 0.717) is 5.75 Å². The summed E-state index contributed by atoms with van der Waals surface area (Å²) in [5, 5.41) is 2.86. The van der Waals surface area contributed by atoms with Crippen LogP contribution in [0.5, 0.6) is 5.75 Å². The molecule has 3 aromatic rings. The Kier molecular flexibility index (Phi) is 8.56. The van der Waals surface area contributed by atoms with Crippen molar-refractivity contribution in [3.8, 4) is 5.75 Å². The van der Waals surface area contributed by atoms with E-state index in [1.165, 1.54) is 62.4 Å². The van der Waals surface area contributed by atoms with Crippen LogP contribution in [0.25, 0.3) is 0 Å². The van der Waals surface area contributed by atoms with Gasteiger partial charge in [0.05, 0.1) is 23.7 Å². The van der Waals surface area contributed by atoms with Crippen molar-refractivity contribution in [1.82, 2.24) is 5.32 Å². The van der Waals surface area contributed by atoms with Crippen molar-refractivity contribution in [2.24, 2.45) is 5.92 Å². The highest BCUT2D eigenvalue weighted by atomic mass is 32.2. The Morgan fingerprint density at radius 3 is 2.29 bits per heavy atom. The van der Waals surface area contributed by atoms with Crippen molar-refractivity contribution >= 4 is 27.3 Å². The molecule has 9 heteroatoms. The van der Waals surface area contributed by atoms with Gasteiger partial charge >= 0.3 is 0 Å². The van der Waals surface area contributed by atoms with Crippen molar-refractivity contribution in [3.05, 3.63) is 84.2 Å². The second-order valence-electron chi connectivity index (χ2n) is 9.69. The summed E-state index contributed by atoms with van der Waals surface area (Å²) in [6.07, 6.45) is 2.35. The number of carbonyl (C=O) groups is 1. The minimum absolute atomic E-state index is 0.0786. The predicted octanol–water partition coefficient (Wildman–Crippen LogP) is 5.14. The lowest BCUT2D eigenvalue weighted by molar-refractivity contribution is -0.120. The van der Waals surface area contributed by atoms with Crippen LogP contribution in [-0.2, 0) is 14.8 Å². The summed E-state index contributed by atoms with van der Waals surface area (Å²) in [4.78, 5) is 15.4. The molecule has 1 amide bonds. The highest BCUT2D eigenvalue weighted by Crippen LogP contribution is 2.28. The number of nitrogens with zero attached hydrogens (tertiary/aromatic N) is 2. The van der Waals surface area contributed by atoms with Gasteiger partial charge in [-0.05, 0) is 79.8 Å². The number of methoxy groups -OCH3 is 1. The van der Waals surface area contributed by atoms with Gasteiger partial charge in [0.1, 0.15) is 18.1 Å². The van der Waals surface area contributed by atoms with Crippen LogP contribution in [0.15, 0.2) is 77.7 Å². The molecule has 1 fully saturated rings. The topological polar surface area (TPSA) is 79.0 Å². The number of amides is 1. The molecular weight excluding hydrogens is 505 g/mol.